The lowest BCUT2D eigenvalue weighted by molar-refractivity contribution is 0.596. The second-order valence-corrected chi connectivity index (χ2v) is 6.49. The Bertz CT molecular complexity index is 678. The molecule has 1 saturated carbocycles. The largest absolute Gasteiger partial charge is 0.369 e. The van der Waals surface area contributed by atoms with Crippen LogP contribution in [0.5, 0.6) is 0 Å². The van der Waals surface area contributed by atoms with Crippen molar-refractivity contribution in [2.75, 3.05) is 5.73 Å². The Morgan fingerprint density at radius 3 is 2.60 bits per heavy atom. The molecule has 5 heteroatoms. The van der Waals surface area contributed by atoms with Crippen LogP contribution in [0.3, 0.4) is 0 Å². The van der Waals surface area contributed by atoms with E-state index in [9.17, 15) is 4.39 Å². The lowest BCUT2D eigenvalue weighted by Crippen LogP contribution is -1.92. The van der Waals surface area contributed by atoms with Gasteiger partial charge in [0.15, 0.2) is 5.95 Å². The monoisotopic (exact) mass is 293 g/mol. The Balaban J connectivity index is 1.99. The van der Waals surface area contributed by atoms with Gasteiger partial charge in [-0.1, -0.05) is 31.5 Å². The summed E-state index contributed by atoms with van der Waals surface area (Å²) in [5, 5.41) is 0.169. The number of hydrogen-bond acceptors (Lipinski definition) is 2. The standard InChI is InChI=1S/C15H17ClFN3/c1-7-13(20-14(18)19-7)12-11(15(12,2)3)8-4-5-10(17)9(16)6-8/h4-6,11-12H,1-3H3,(H3,18,19,20)/t11?,12-/m1/s1. The summed E-state index contributed by atoms with van der Waals surface area (Å²) in [6.07, 6.45) is 0. The first-order valence-electron chi connectivity index (χ1n) is 6.59. The Labute approximate surface area is 122 Å². The molecule has 20 heavy (non-hydrogen) atoms. The van der Waals surface area contributed by atoms with E-state index in [2.05, 4.69) is 23.8 Å². The maximum Gasteiger partial charge on any atom is 0.197 e. The van der Waals surface area contributed by atoms with Crippen LogP contribution in [0, 0.1) is 18.2 Å². The molecule has 1 unspecified atom stereocenters. The van der Waals surface area contributed by atoms with Crippen molar-refractivity contribution < 1.29 is 4.39 Å². The number of aromatic nitrogens is 2. The molecule has 1 heterocycles. The second kappa shape index (κ2) is 4.22. The zero-order valence-electron chi connectivity index (χ0n) is 11.7. The highest BCUT2D eigenvalue weighted by molar-refractivity contribution is 6.30. The molecule has 2 aromatic rings. The molecular weight excluding hydrogens is 277 g/mol. The SMILES string of the molecule is Cc1[nH]c(N)nc1[C@H]1C(c2ccc(F)c(Cl)c2)C1(C)C. The average molecular weight is 294 g/mol. The number of anilines is 1. The summed E-state index contributed by atoms with van der Waals surface area (Å²) in [7, 11) is 0. The number of halogens is 2. The number of rotatable bonds is 2. The molecule has 2 atom stereocenters. The summed E-state index contributed by atoms with van der Waals surface area (Å²) in [6, 6.07) is 4.95. The van der Waals surface area contributed by atoms with Crippen LogP contribution in [-0.4, -0.2) is 9.97 Å². The van der Waals surface area contributed by atoms with Crippen LogP contribution in [0.15, 0.2) is 18.2 Å². The summed E-state index contributed by atoms with van der Waals surface area (Å²) in [6.45, 7) is 6.34. The van der Waals surface area contributed by atoms with Crippen molar-refractivity contribution in [3.8, 4) is 0 Å². The van der Waals surface area contributed by atoms with Gasteiger partial charge in [0.25, 0.3) is 0 Å². The molecule has 1 aromatic carbocycles. The van der Waals surface area contributed by atoms with Gasteiger partial charge in [-0.2, -0.15) is 0 Å². The van der Waals surface area contributed by atoms with Crippen LogP contribution in [0.4, 0.5) is 10.3 Å². The Kier molecular flexibility index (Phi) is 2.83. The van der Waals surface area contributed by atoms with Crippen molar-refractivity contribution in [1.82, 2.24) is 9.97 Å². The number of nitrogens with one attached hydrogen (secondary N) is 1. The Hall–Kier alpha value is -1.55. The van der Waals surface area contributed by atoms with Gasteiger partial charge in [0.1, 0.15) is 5.82 Å². The average Bonchev–Trinajstić information content (AvgIpc) is 2.75. The number of nitrogens with two attached hydrogens (primary N) is 1. The van der Waals surface area contributed by atoms with Gasteiger partial charge in [0.2, 0.25) is 0 Å². The predicted octanol–water partition coefficient (Wildman–Crippen LogP) is 4.00. The minimum absolute atomic E-state index is 0.0630. The molecule has 0 saturated heterocycles. The lowest BCUT2D eigenvalue weighted by atomic mass is 10.0. The minimum atomic E-state index is -0.384. The van der Waals surface area contributed by atoms with Gasteiger partial charge in [0, 0.05) is 11.6 Å². The molecule has 1 aliphatic rings. The molecule has 0 bridgehead atoms. The number of aryl methyl sites for hydroxylation is 1. The fraction of sp³-hybridized carbons (Fsp3) is 0.400. The van der Waals surface area contributed by atoms with Gasteiger partial charge in [-0.15, -0.1) is 0 Å². The van der Waals surface area contributed by atoms with E-state index in [4.69, 9.17) is 17.3 Å². The molecule has 0 spiro atoms. The first-order valence-corrected chi connectivity index (χ1v) is 6.97. The molecular formula is C15H17ClFN3. The van der Waals surface area contributed by atoms with E-state index in [0.29, 0.717) is 5.95 Å². The van der Waals surface area contributed by atoms with E-state index in [1.165, 1.54) is 6.07 Å². The van der Waals surface area contributed by atoms with Crippen LogP contribution < -0.4 is 5.73 Å². The molecule has 3 rings (SSSR count). The highest BCUT2D eigenvalue weighted by Gasteiger charge is 2.60. The molecule has 106 valence electrons. The fourth-order valence-electron chi connectivity index (χ4n) is 3.28. The van der Waals surface area contributed by atoms with Crippen LogP contribution in [-0.2, 0) is 0 Å². The molecule has 1 fully saturated rings. The van der Waals surface area contributed by atoms with Gasteiger partial charge < -0.3 is 10.7 Å². The molecule has 3 N–H and O–H groups in total. The van der Waals surface area contributed by atoms with Crippen LogP contribution in [0.1, 0.15) is 42.6 Å². The topological polar surface area (TPSA) is 54.7 Å². The molecule has 0 aliphatic heterocycles. The van der Waals surface area contributed by atoms with Crippen LogP contribution >= 0.6 is 11.6 Å². The minimum Gasteiger partial charge on any atom is -0.369 e. The van der Waals surface area contributed by atoms with E-state index >= 15 is 0 Å². The van der Waals surface area contributed by atoms with E-state index in [-0.39, 0.29) is 28.1 Å². The molecule has 1 aliphatic carbocycles. The van der Waals surface area contributed by atoms with E-state index < -0.39 is 0 Å². The number of imidazole rings is 1. The zero-order chi connectivity index (χ0) is 14.7. The number of hydrogen-bond donors (Lipinski definition) is 2. The molecule has 0 radical (unpaired) electrons. The summed E-state index contributed by atoms with van der Waals surface area (Å²) >= 11 is 5.89. The van der Waals surface area contributed by atoms with E-state index in [1.54, 1.807) is 12.1 Å². The fourth-order valence-corrected chi connectivity index (χ4v) is 3.47. The third-order valence-electron chi connectivity index (χ3n) is 4.37. The third kappa shape index (κ3) is 1.90. The van der Waals surface area contributed by atoms with Crippen molar-refractivity contribution in [3.63, 3.8) is 0 Å². The number of H-pyrrole nitrogens is 1. The first kappa shape index (κ1) is 13.4. The molecule has 0 amide bonds. The first-order chi connectivity index (χ1) is 9.32. The van der Waals surface area contributed by atoms with Crippen LogP contribution in [0.25, 0.3) is 0 Å². The Morgan fingerprint density at radius 1 is 1.35 bits per heavy atom. The smallest absolute Gasteiger partial charge is 0.197 e. The van der Waals surface area contributed by atoms with Crippen molar-refractivity contribution in [1.29, 1.82) is 0 Å². The molecule has 1 aromatic heterocycles. The van der Waals surface area contributed by atoms with Crippen molar-refractivity contribution in [2.45, 2.75) is 32.6 Å². The predicted molar refractivity (Wildman–Crippen MR) is 78.4 cm³/mol. The van der Waals surface area contributed by atoms with Crippen LogP contribution in [0.2, 0.25) is 5.02 Å². The summed E-state index contributed by atoms with van der Waals surface area (Å²) < 4.78 is 13.3. The normalized spacial score (nSPS) is 23.9. The highest BCUT2D eigenvalue weighted by Crippen LogP contribution is 2.70. The molecule has 3 nitrogen and oxygen atoms in total. The van der Waals surface area contributed by atoms with Gasteiger partial charge in [-0.3, -0.25) is 0 Å². The third-order valence-corrected chi connectivity index (χ3v) is 4.66. The van der Waals surface area contributed by atoms with Crippen molar-refractivity contribution in [3.05, 3.63) is 46.0 Å². The summed E-state index contributed by atoms with van der Waals surface area (Å²) in [5.74, 6) is 0.612. The van der Waals surface area contributed by atoms with Crippen molar-refractivity contribution in [2.24, 2.45) is 5.41 Å². The summed E-state index contributed by atoms with van der Waals surface area (Å²) in [4.78, 5) is 7.44. The highest BCUT2D eigenvalue weighted by atomic mass is 35.5. The Morgan fingerprint density at radius 2 is 2.05 bits per heavy atom. The van der Waals surface area contributed by atoms with Gasteiger partial charge in [-0.25, -0.2) is 9.37 Å². The maximum atomic E-state index is 13.3. The van der Waals surface area contributed by atoms with E-state index in [0.717, 1.165) is 17.0 Å². The summed E-state index contributed by atoms with van der Waals surface area (Å²) in [5.41, 5.74) is 8.83. The lowest BCUT2D eigenvalue weighted by Gasteiger charge is -2.03. The van der Waals surface area contributed by atoms with Crippen molar-refractivity contribution >= 4 is 17.5 Å². The van der Waals surface area contributed by atoms with Gasteiger partial charge in [-0.05, 0) is 36.0 Å². The zero-order valence-corrected chi connectivity index (χ0v) is 12.4. The quantitative estimate of drug-likeness (QED) is 0.879. The number of nitrogens with zero attached hydrogens (tertiary/aromatic N) is 1. The second-order valence-electron chi connectivity index (χ2n) is 6.08. The number of nitrogen functional groups attached to an aromatic ring is 1. The number of aromatic amines is 1. The number of benzene rings is 1. The van der Waals surface area contributed by atoms with E-state index in [1.807, 2.05) is 6.92 Å². The van der Waals surface area contributed by atoms with Gasteiger partial charge >= 0.3 is 0 Å². The maximum absolute atomic E-state index is 13.3. The van der Waals surface area contributed by atoms with Gasteiger partial charge in [0.05, 0.1) is 10.7 Å².